The minimum absolute atomic E-state index is 0.266. The smallest absolute Gasteiger partial charge is 0.0199 e. The molecule has 0 aliphatic heterocycles. The molecule has 3 atom stereocenters. The molecule has 4 aliphatic rings. The molecular formula is C53H52. The number of hydrogen-bond acceptors (Lipinski definition) is 0. The van der Waals surface area contributed by atoms with Crippen molar-refractivity contribution in [1.29, 1.82) is 0 Å². The van der Waals surface area contributed by atoms with Crippen LogP contribution >= 0.6 is 0 Å². The predicted molar refractivity (Wildman–Crippen MR) is 233 cm³/mol. The van der Waals surface area contributed by atoms with Gasteiger partial charge >= 0.3 is 0 Å². The fourth-order valence-corrected chi connectivity index (χ4v) is 8.80. The van der Waals surface area contributed by atoms with E-state index in [9.17, 15) is 0 Å². The molecule has 0 amide bonds. The van der Waals surface area contributed by atoms with Gasteiger partial charge in [0.1, 0.15) is 0 Å². The zero-order valence-corrected chi connectivity index (χ0v) is 31.7. The van der Waals surface area contributed by atoms with Crippen LogP contribution in [0.2, 0.25) is 0 Å². The summed E-state index contributed by atoms with van der Waals surface area (Å²) in [7, 11) is 0. The van der Waals surface area contributed by atoms with Gasteiger partial charge < -0.3 is 0 Å². The van der Waals surface area contributed by atoms with E-state index in [0.29, 0.717) is 11.8 Å². The highest BCUT2D eigenvalue weighted by Gasteiger charge is 2.24. The number of aryl methyl sites for hydroxylation is 1. The van der Waals surface area contributed by atoms with Crippen LogP contribution in [0.3, 0.4) is 0 Å². The Morgan fingerprint density at radius 1 is 0.736 bits per heavy atom. The zero-order valence-electron chi connectivity index (χ0n) is 31.7. The molecule has 53 heavy (non-hydrogen) atoms. The van der Waals surface area contributed by atoms with E-state index in [1.54, 1.807) is 0 Å². The molecule has 0 heterocycles. The lowest BCUT2D eigenvalue weighted by Gasteiger charge is -2.28. The predicted octanol–water partition coefficient (Wildman–Crippen LogP) is 14.8. The van der Waals surface area contributed by atoms with Crippen LogP contribution in [0.5, 0.6) is 0 Å². The molecule has 0 spiro atoms. The van der Waals surface area contributed by atoms with Crippen molar-refractivity contribution in [2.45, 2.75) is 71.6 Å². The number of hydrogen-bond donors (Lipinski definition) is 0. The molecule has 4 aromatic rings. The van der Waals surface area contributed by atoms with Gasteiger partial charge in [-0.2, -0.15) is 0 Å². The molecule has 0 bridgehead atoms. The largest absolute Gasteiger partial charge is 0.0907 e. The van der Waals surface area contributed by atoms with E-state index in [1.807, 2.05) is 0 Å². The Morgan fingerprint density at radius 3 is 2.45 bits per heavy atom. The fraction of sp³-hybridized carbons (Fsp3) is 0.245. The van der Waals surface area contributed by atoms with Gasteiger partial charge in [-0.1, -0.05) is 165 Å². The van der Waals surface area contributed by atoms with Gasteiger partial charge in [0.25, 0.3) is 0 Å². The molecule has 8 rings (SSSR count). The van der Waals surface area contributed by atoms with Gasteiger partial charge in [0.05, 0.1) is 0 Å². The fourth-order valence-electron chi connectivity index (χ4n) is 8.80. The first kappa shape index (κ1) is 34.9. The Bertz CT molecular complexity index is 2350. The maximum atomic E-state index is 2.58. The van der Waals surface area contributed by atoms with Crippen molar-refractivity contribution in [1.82, 2.24) is 0 Å². The van der Waals surface area contributed by atoms with Gasteiger partial charge in [-0.25, -0.2) is 0 Å². The summed E-state index contributed by atoms with van der Waals surface area (Å²) in [5.41, 5.74) is 13.6. The normalized spacial score (nSPS) is 20.2. The molecule has 4 aromatic carbocycles. The minimum Gasteiger partial charge on any atom is -0.0907 e. The van der Waals surface area contributed by atoms with Crippen molar-refractivity contribution in [2.75, 3.05) is 0 Å². The summed E-state index contributed by atoms with van der Waals surface area (Å²) in [4.78, 5) is 0. The van der Waals surface area contributed by atoms with Gasteiger partial charge in [-0.3, -0.25) is 0 Å². The summed E-state index contributed by atoms with van der Waals surface area (Å²) in [5.74, 6) is 1.16. The molecule has 3 unspecified atom stereocenters. The second kappa shape index (κ2) is 15.8. The third kappa shape index (κ3) is 7.38. The molecule has 0 fully saturated rings. The van der Waals surface area contributed by atoms with Crippen LogP contribution < -0.4 is 0 Å². The zero-order chi connectivity index (χ0) is 36.1. The van der Waals surface area contributed by atoms with Crippen LogP contribution in [0.4, 0.5) is 0 Å². The Balaban J connectivity index is 1.12. The maximum absolute atomic E-state index is 2.58. The SMILES string of the molecule is CC=CC(C=CCCC)c1cc(C2=CCCC=C2)cc(C2=CC(C3C=CC=C(c4ccc5c6c(c7cc(C)ccc7c5c4)CC=CC=C6)C3)CC=C2)c1. The average Bonchev–Trinajstić information content (AvgIpc) is 3.47. The summed E-state index contributed by atoms with van der Waals surface area (Å²) < 4.78 is 0. The van der Waals surface area contributed by atoms with Crippen LogP contribution in [0.15, 0.2) is 152 Å². The van der Waals surface area contributed by atoms with E-state index >= 15 is 0 Å². The van der Waals surface area contributed by atoms with Crippen LogP contribution in [0, 0.1) is 18.8 Å². The van der Waals surface area contributed by atoms with Crippen LogP contribution in [0.25, 0.3) is 44.3 Å². The minimum atomic E-state index is 0.266. The Kier molecular flexibility index (Phi) is 10.4. The summed E-state index contributed by atoms with van der Waals surface area (Å²) in [6.45, 7) is 6.60. The Hall–Kier alpha value is -5.20. The first-order valence-electron chi connectivity index (χ1n) is 20.0. The van der Waals surface area contributed by atoms with Crippen molar-refractivity contribution in [3.05, 3.63) is 191 Å². The molecule has 264 valence electrons. The van der Waals surface area contributed by atoms with Gasteiger partial charge in [-0.05, 0) is 148 Å². The second-order valence-electron chi connectivity index (χ2n) is 15.3. The maximum Gasteiger partial charge on any atom is 0.0199 e. The molecule has 0 N–H and O–H groups in total. The second-order valence-corrected chi connectivity index (χ2v) is 15.3. The van der Waals surface area contributed by atoms with Gasteiger partial charge in [0.2, 0.25) is 0 Å². The molecule has 0 saturated heterocycles. The Morgan fingerprint density at radius 2 is 1.60 bits per heavy atom. The number of benzene rings is 4. The Labute approximate surface area is 317 Å². The number of fused-ring (bicyclic) bond motifs is 6. The molecule has 0 aromatic heterocycles. The van der Waals surface area contributed by atoms with E-state index in [2.05, 4.69) is 179 Å². The van der Waals surface area contributed by atoms with Crippen LogP contribution in [0.1, 0.15) is 97.2 Å². The lowest BCUT2D eigenvalue weighted by Crippen LogP contribution is -2.15. The van der Waals surface area contributed by atoms with Crippen molar-refractivity contribution in [2.24, 2.45) is 11.8 Å². The van der Waals surface area contributed by atoms with Crippen molar-refractivity contribution in [3.63, 3.8) is 0 Å². The molecule has 0 saturated carbocycles. The van der Waals surface area contributed by atoms with Crippen LogP contribution in [-0.2, 0) is 6.42 Å². The molecule has 0 radical (unpaired) electrons. The number of allylic oxidation sites excluding steroid dienone is 19. The van der Waals surface area contributed by atoms with Gasteiger partial charge in [0, 0.05) is 5.92 Å². The average molecular weight is 689 g/mol. The van der Waals surface area contributed by atoms with E-state index in [1.165, 1.54) is 83.6 Å². The van der Waals surface area contributed by atoms with Gasteiger partial charge in [-0.15, -0.1) is 0 Å². The monoisotopic (exact) mass is 688 g/mol. The summed E-state index contributed by atoms with van der Waals surface area (Å²) in [5, 5.41) is 5.46. The van der Waals surface area contributed by atoms with Crippen molar-refractivity contribution in [3.8, 4) is 0 Å². The molecule has 0 nitrogen and oxygen atoms in total. The number of unbranched alkanes of at least 4 members (excludes halogenated alkanes) is 1. The standard InChI is InChI=1S/C53H52/c1-4-6-9-17-38(16-5-2)45-33-46(39-18-10-7-11-19-39)35-47(34-45)43-23-15-21-41(32-43)40-20-14-22-42(31-40)44-27-29-50-48-24-12-8-13-25-49(48)52-30-37(3)26-28-51(52)53(50)36-44/h5,8-10,12-20,22-24,26-30,32-36,38,40-41H,4,6-7,11,21,25,31H2,1-3H3. The highest BCUT2D eigenvalue weighted by molar-refractivity contribution is 6.13. The van der Waals surface area contributed by atoms with E-state index in [4.69, 9.17) is 0 Å². The van der Waals surface area contributed by atoms with E-state index < -0.39 is 0 Å². The number of rotatable bonds is 9. The molecule has 0 heteroatoms. The van der Waals surface area contributed by atoms with Gasteiger partial charge in [0.15, 0.2) is 0 Å². The third-order valence-electron chi connectivity index (χ3n) is 11.6. The highest BCUT2D eigenvalue weighted by atomic mass is 14.3. The topological polar surface area (TPSA) is 0 Å². The summed E-state index contributed by atoms with van der Waals surface area (Å²) >= 11 is 0. The first-order valence-corrected chi connectivity index (χ1v) is 20.0. The quantitative estimate of drug-likeness (QED) is 0.121. The lowest BCUT2D eigenvalue weighted by atomic mass is 9.77. The molecular weight excluding hydrogens is 637 g/mol. The lowest BCUT2D eigenvalue weighted by molar-refractivity contribution is 0.484. The van der Waals surface area contributed by atoms with E-state index in [0.717, 1.165) is 38.5 Å². The summed E-state index contributed by atoms with van der Waals surface area (Å²) in [6.07, 6.45) is 47.4. The highest BCUT2D eigenvalue weighted by Crippen LogP contribution is 2.41. The third-order valence-corrected chi connectivity index (χ3v) is 11.6. The first-order chi connectivity index (χ1) is 26.1. The van der Waals surface area contributed by atoms with E-state index in [-0.39, 0.29) is 5.92 Å². The van der Waals surface area contributed by atoms with Crippen molar-refractivity contribution >= 4 is 44.3 Å². The molecule has 4 aliphatic carbocycles. The van der Waals surface area contributed by atoms with Crippen LogP contribution in [-0.4, -0.2) is 0 Å². The van der Waals surface area contributed by atoms with Crippen molar-refractivity contribution < 1.29 is 0 Å². The summed E-state index contributed by atoms with van der Waals surface area (Å²) in [6, 6.07) is 21.5.